The fourth-order valence-electron chi connectivity index (χ4n) is 2.54. The highest BCUT2D eigenvalue weighted by Crippen LogP contribution is 2.32. The molecule has 1 aliphatic rings. The molecule has 1 fully saturated rings. The summed E-state index contributed by atoms with van der Waals surface area (Å²) in [6, 6.07) is 2.38. The summed E-state index contributed by atoms with van der Waals surface area (Å²) < 4.78 is 39.5. The Balaban J connectivity index is 1.74. The van der Waals surface area contributed by atoms with E-state index >= 15 is 0 Å². The van der Waals surface area contributed by atoms with Gasteiger partial charge in [0.2, 0.25) is 0 Å². The topological polar surface area (TPSA) is 55.6 Å². The summed E-state index contributed by atoms with van der Waals surface area (Å²) in [7, 11) is 1.87. The van der Waals surface area contributed by atoms with Gasteiger partial charge in [0.1, 0.15) is 10.9 Å². The van der Waals surface area contributed by atoms with Gasteiger partial charge in [-0.05, 0) is 43.3 Å². The Morgan fingerprint density at radius 2 is 2.13 bits per heavy atom. The Morgan fingerprint density at radius 3 is 2.74 bits per heavy atom. The van der Waals surface area contributed by atoms with Crippen LogP contribution in [0.15, 0.2) is 28.5 Å². The van der Waals surface area contributed by atoms with Crippen molar-refractivity contribution in [1.29, 1.82) is 0 Å². The molecule has 1 N–H and O–H groups in total. The zero-order valence-electron chi connectivity index (χ0n) is 12.5. The molecule has 0 radical (unpaired) electrons. The maximum Gasteiger partial charge on any atom is 0.417 e. The predicted molar refractivity (Wildman–Crippen MR) is 79.2 cm³/mol. The Bertz CT molecular complexity index is 662. The molecule has 1 saturated heterocycles. The van der Waals surface area contributed by atoms with Crippen molar-refractivity contribution in [2.24, 2.45) is 7.05 Å². The van der Waals surface area contributed by atoms with Gasteiger partial charge in [0.25, 0.3) is 0 Å². The number of alkyl halides is 3. The fraction of sp³-hybridized carbons (Fsp3) is 0.500. The molecule has 2 aromatic rings. The summed E-state index contributed by atoms with van der Waals surface area (Å²) in [5.74, 6) is 1.21. The average molecular weight is 343 g/mol. The molecule has 9 heteroatoms. The molecule has 5 nitrogen and oxygen atoms in total. The van der Waals surface area contributed by atoms with Crippen LogP contribution in [-0.2, 0) is 13.2 Å². The Labute approximate surface area is 135 Å². The highest BCUT2D eigenvalue weighted by molar-refractivity contribution is 7.99. The Morgan fingerprint density at radius 1 is 1.30 bits per heavy atom. The molecule has 124 valence electrons. The standard InChI is InChI=1S/C14H16F3N5S/c1-22-12(9-3-2-6-18-7-9)20-21-13(22)23-11-5-4-10(8-19-11)14(15,16)17/h4-5,8-9,18H,2-3,6-7H2,1H3. The largest absolute Gasteiger partial charge is 0.417 e. The summed E-state index contributed by atoms with van der Waals surface area (Å²) >= 11 is 1.21. The number of rotatable bonds is 3. The van der Waals surface area contributed by atoms with Crippen LogP contribution < -0.4 is 5.32 Å². The summed E-state index contributed by atoms with van der Waals surface area (Å²) in [6.45, 7) is 1.89. The first-order valence-corrected chi connectivity index (χ1v) is 8.08. The summed E-state index contributed by atoms with van der Waals surface area (Å²) in [4.78, 5) is 3.85. The molecule has 0 spiro atoms. The maximum absolute atomic E-state index is 12.5. The molecule has 1 unspecified atom stereocenters. The van der Waals surface area contributed by atoms with Crippen LogP contribution >= 0.6 is 11.8 Å². The predicted octanol–water partition coefficient (Wildman–Crippen LogP) is 2.85. The quantitative estimate of drug-likeness (QED) is 0.929. The first-order valence-electron chi connectivity index (χ1n) is 7.26. The lowest BCUT2D eigenvalue weighted by atomic mass is 9.99. The van der Waals surface area contributed by atoms with Crippen LogP contribution in [0.1, 0.15) is 30.1 Å². The number of nitrogens with one attached hydrogen (secondary N) is 1. The van der Waals surface area contributed by atoms with E-state index in [1.807, 2.05) is 11.6 Å². The van der Waals surface area contributed by atoms with Crippen molar-refractivity contribution in [3.8, 4) is 0 Å². The monoisotopic (exact) mass is 343 g/mol. The maximum atomic E-state index is 12.5. The molecule has 23 heavy (non-hydrogen) atoms. The van der Waals surface area contributed by atoms with E-state index < -0.39 is 11.7 Å². The third-order valence-electron chi connectivity index (χ3n) is 3.79. The highest BCUT2D eigenvalue weighted by atomic mass is 32.2. The van der Waals surface area contributed by atoms with Crippen molar-refractivity contribution in [3.05, 3.63) is 29.7 Å². The van der Waals surface area contributed by atoms with Gasteiger partial charge in [-0.2, -0.15) is 13.2 Å². The van der Waals surface area contributed by atoms with Gasteiger partial charge in [-0.1, -0.05) is 0 Å². The third-order valence-corrected chi connectivity index (χ3v) is 4.78. The van der Waals surface area contributed by atoms with Crippen LogP contribution in [0, 0.1) is 0 Å². The molecule has 0 aromatic carbocycles. The van der Waals surface area contributed by atoms with E-state index in [-0.39, 0.29) is 0 Å². The van der Waals surface area contributed by atoms with Gasteiger partial charge < -0.3 is 9.88 Å². The second kappa shape index (κ2) is 6.48. The molecule has 0 amide bonds. The van der Waals surface area contributed by atoms with Crippen LogP contribution in [0.3, 0.4) is 0 Å². The lowest BCUT2D eigenvalue weighted by Crippen LogP contribution is -2.29. The van der Waals surface area contributed by atoms with E-state index in [4.69, 9.17) is 0 Å². The Kier molecular flexibility index (Phi) is 4.58. The second-order valence-corrected chi connectivity index (χ2v) is 6.42. The number of aromatic nitrogens is 4. The van der Waals surface area contributed by atoms with Gasteiger partial charge >= 0.3 is 6.18 Å². The van der Waals surface area contributed by atoms with E-state index in [0.29, 0.717) is 16.1 Å². The lowest BCUT2D eigenvalue weighted by molar-refractivity contribution is -0.137. The first kappa shape index (κ1) is 16.3. The molecular weight excluding hydrogens is 327 g/mol. The number of pyridine rings is 1. The zero-order valence-corrected chi connectivity index (χ0v) is 13.3. The zero-order chi connectivity index (χ0) is 16.4. The average Bonchev–Trinajstić information content (AvgIpc) is 2.89. The molecule has 1 aliphatic heterocycles. The van der Waals surface area contributed by atoms with Crippen LogP contribution in [0.4, 0.5) is 13.2 Å². The van der Waals surface area contributed by atoms with Gasteiger partial charge in [-0.15, -0.1) is 10.2 Å². The minimum absolute atomic E-state index is 0.316. The number of hydrogen-bond acceptors (Lipinski definition) is 5. The highest BCUT2D eigenvalue weighted by Gasteiger charge is 2.30. The molecule has 0 bridgehead atoms. The normalized spacial score (nSPS) is 19.0. The Hall–Kier alpha value is -1.61. The van der Waals surface area contributed by atoms with E-state index in [0.717, 1.165) is 44.0 Å². The fourth-order valence-corrected chi connectivity index (χ4v) is 3.29. The summed E-state index contributed by atoms with van der Waals surface area (Å²) in [6.07, 6.45) is -1.38. The van der Waals surface area contributed by atoms with Gasteiger partial charge in [-0.3, -0.25) is 0 Å². The van der Waals surface area contributed by atoms with Crippen molar-refractivity contribution in [3.63, 3.8) is 0 Å². The lowest BCUT2D eigenvalue weighted by Gasteiger charge is -2.21. The van der Waals surface area contributed by atoms with E-state index in [1.54, 1.807) is 0 Å². The molecular formula is C14H16F3N5S. The van der Waals surface area contributed by atoms with Crippen molar-refractivity contribution in [1.82, 2.24) is 25.1 Å². The SMILES string of the molecule is Cn1c(Sc2ccc(C(F)(F)F)cn2)nnc1C1CCCNC1. The van der Waals surface area contributed by atoms with E-state index in [9.17, 15) is 13.2 Å². The van der Waals surface area contributed by atoms with Gasteiger partial charge in [0.05, 0.1) is 5.56 Å². The molecule has 1 atom stereocenters. The number of halogens is 3. The van der Waals surface area contributed by atoms with E-state index in [2.05, 4.69) is 20.5 Å². The molecule has 2 aromatic heterocycles. The van der Waals surface area contributed by atoms with E-state index in [1.165, 1.54) is 17.8 Å². The van der Waals surface area contributed by atoms with Crippen molar-refractivity contribution >= 4 is 11.8 Å². The van der Waals surface area contributed by atoms with Gasteiger partial charge in [-0.25, -0.2) is 4.98 Å². The molecule has 0 aliphatic carbocycles. The van der Waals surface area contributed by atoms with Crippen LogP contribution in [-0.4, -0.2) is 32.8 Å². The van der Waals surface area contributed by atoms with Crippen molar-refractivity contribution in [2.75, 3.05) is 13.1 Å². The smallest absolute Gasteiger partial charge is 0.316 e. The van der Waals surface area contributed by atoms with Gasteiger partial charge in [0.15, 0.2) is 5.16 Å². The number of piperidine rings is 1. The van der Waals surface area contributed by atoms with Crippen LogP contribution in [0.5, 0.6) is 0 Å². The van der Waals surface area contributed by atoms with Crippen LogP contribution in [0.2, 0.25) is 0 Å². The molecule has 3 rings (SSSR count). The molecule has 0 saturated carbocycles. The van der Waals surface area contributed by atoms with Crippen LogP contribution in [0.25, 0.3) is 0 Å². The second-order valence-electron chi connectivity index (χ2n) is 5.43. The third kappa shape index (κ3) is 3.66. The van der Waals surface area contributed by atoms with Gasteiger partial charge in [0, 0.05) is 25.7 Å². The number of hydrogen-bond donors (Lipinski definition) is 1. The minimum Gasteiger partial charge on any atom is -0.316 e. The minimum atomic E-state index is -4.37. The molecule has 3 heterocycles. The van der Waals surface area contributed by atoms with Crippen molar-refractivity contribution < 1.29 is 13.2 Å². The first-order chi connectivity index (χ1) is 10.9. The number of nitrogens with zero attached hydrogens (tertiary/aromatic N) is 4. The summed E-state index contributed by atoms with van der Waals surface area (Å²) in [5, 5.41) is 12.8. The van der Waals surface area contributed by atoms with Crippen molar-refractivity contribution in [2.45, 2.75) is 35.1 Å². The summed E-state index contributed by atoms with van der Waals surface area (Å²) in [5.41, 5.74) is -0.756.